The standard InChI is InChI=1S/C7H15NOS.C5H11NO.C2H6/c10-7-1-2-8-3-5-9-6-4-8;1-4-5(7)6(2)3;1-2/h10H,1-7H2;4H2,1-3H3;1-2H3. The lowest BCUT2D eigenvalue weighted by Crippen LogP contribution is -2.36. The van der Waals surface area contributed by atoms with Crippen LogP contribution in [0.15, 0.2) is 0 Å². The molecular weight excluding hydrogens is 260 g/mol. The zero-order chi connectivity index (χ0) is 15.1. The second-order valence-corrected chi connectivity index (χ2v) is 4.62. The molecule has 0 radical (unpaired) electrons. The van der Waals surface area contributed by atoms with Crippen LogP contribution in [0.3, 0.4) is 0 Å². The number of thiol groups is 1. The van der Waals surface area contributed by atoms with Gasteiger partial charge in [0.2, 0.25) is 5.91 Å². The second-order valence-electron chi connectivity index (χ2n) is 4.17. The van der Waals surface area contributed by atoms with Gasteiger partial charge >= 0.3 is 0 Å². The maximum absolute atomic E-state index is 10.4. The van der Waals surface area contributed by atoms with E-state index in [0.717, 1.165) is 32.1 Å². The first kappa shape index (κ1) is 21.0. The molecule has 1 aliphatic rings. The van der Waals surface area contributed by atoms with Crippen LogP contribution < -0.4 is 0 Å². The lowest BCUT2D eigenvalue weighted by atomic mass is 10.4. The fraction of sp³-hybridized carbons (Fsp3) is 0.929. The molecule has 0 aromatic heterocycles. The van der Waals surface area contributed by atoms with Gasteiger partial charge in [0.15, 0.2) is 0 Å². The van der Waals surface area contributed by atoms with Crippen LogP contribution in [0.25, 0.3) is 0 Å². The molecule has 1 saturated heterocycles. The normalized spacial score (nSPS) is 14.6. The highest BCUT2D eigenvalue weighted by atomic mass is 32.1. The Bertz CT molecular complexity index is 196. The molecule has 4 nitrogen and oxygen atoms in total. The minimum absolute atomic E-state index is 0.181. The van der Waals surface area contributed by atoms with Gasteiger partial charge in [-0.15, -0.1) is 0 Å². The summed E-state index contributed by atoms with van der Waals surface area (Å²) in [5.41, 5.74) is 0. The van der Waals surface area contributed by atoms with E-state index in [1.165, 1.54) is 13.0 Å². The van der Waals surface area contributed by atoms with Crippen molar-refractivity contribution in [1.82, 2.24) is 9.80 Å². The Labute approximate surface area is 124 Å². The number of carbonyl (C=O) groups is 1. The summed E-state index contributed by atoms with van der Waals surface area (Å²) < 4.78 is 5.22. The Hall–Kier alpha value is -0.260. The van der Waals surface area contributed by atoms with Crippen molar-refractivity contribution in [2.75, 3.05) is 52.7 Å². The van der Waals surface area contributed by atoms with E-state index >= 15 is 0 Å². The summed E-state index contributed by atoms with van der Waals surface area (Å²) in [6.45, 7) is 11.1. The van der Waals surface area contributed by atoms with Crippen LogP contribution in [0.2, 0.25) is 0 Å². The largest absolute Gasteiger partial charge is 0.379 e. The summed E-state index contributed by atoms with van der Waals surface area (Å²) >= 11 is 4.16. The summed E-state index contributed by atoms with van der Waals surface area (Å²) in [6, 6.07) is 0. The van der Waals surface area contributed by atoms with Gasteiger partial charge in [-0.05, 0) is 18.7 Å². The molecule has 1 fully saturated rings. The highest BCUT2D eigenvalue weighted by Crippen LogP contribution is 1.97. The van der Waals surface area contributed by atoms with Crippen molar-refractivity contribution in [2.24, 2.45) is 0 Å². The highest BCUT2D eigenvalue weighted by molar-refractivity contribution is 7.80. The molecule has 0 N–H and O–H groups in total. The maximum atomic E-state index is 10.4. The number of rotatable bonds is 4. The van der Waals surface area contributed by atoms with Crippen LogP contribution in [-0.4, -0.2) is 68.4 Å². The van der Waals surface area contributed by atoms with E-state index in [9.17, 15) is 4.79 Å². The van der Waals surface area contributed by atoms with E-state index in [0.29, 0.717) is 6.42 Å². The molecule has 0 aromatic carbocycles. The first-order chi connectivity index (χ1) is 9.11. The molecule has 19 heavy (non-hydrogen) atoms. The fourth-order valence-electron chi connectivity index (χ4n) is 1.44. The molecule has 1 amide bonds. The first-order valence-corrected chi connectivity index (χ1v) is 7.86. The van der Waals surface area contributed by atoms with Crippen LogP contribution >= 0.6 is 12.6 Å². The van der Waals surface area contributed by atoms with E-state index in [4.69, 9.17) is 4.74 Å². The number of hydrogen-bond donors (Lipinski definition) is 1. The first-order valence-electron chi connectivity index (χ1n) is 7.23. The number of morpholine rings is 1. The molecule has 0 saturated carbocycles. The molecule has 0 aliphatic carbocycles. The lowest BCUT2D eigenvalue weighted by molar-refractivity contribution is -0.128. The number of amides is 1. The fourth-order valence-corrected chi connectivity index (χ4v) is 1.58. The van der Waals surface area contributed by atoms with Gasteiger partial charge in [-0.1, -0.05) is 20.8 Å². The molecule has 0 aromatic rings. The van der Waals surface area contributed by atoms with Crippen LogP contribution in [0.4, 0.5) is 0 Å². The van der Waals surface area contributed by atoms with Gasteiger partial charge in [0, 0.05) is 33.6 Å². The Morgan fingerprint density at radius 3 is 2.11 bits per heavy atom. The molecule has 0 atom stereocenters. The minimum atomic E-state index is 0.181. The zero-order valence-electron chi connectivity index (χ0n) is 13.3. The third-order valence-electron chi connectivity index (χ3n) is 2.54. The molecule has 1 heterocycles. The summed E-state index contributed by atoms with van der Waals surface area (Å²) in [5.74, 6) is 1.18. The summed E-state index contributed by atoms with van der Waals surface area (Å²) in [4.78, 5) is 14.5. The number of hydrogen-bond acceptors (Lipinski definition) is 4. The second kappa shape index (κ2) is 15.8. The molecule has 116 valence electrons. The van der Waals surface area contributed by atoms with Gasteiger partial charge in [0.25, 0.3) is 0 Å². The average molecular weight is 292 g/mol. The minimum Gasteiger partial charge on any atom is -0.379 e. The maximum Gasteiger partial charge on any atom is 0.221 e. The van der Waals surface area contributed by atoms with Gasteiger partial charge in [-0.3, -0.25) is 9.69 Å². The van der Waals surface area contributed by atoms with Gasteiger partial charge in [0.05, 0.1) is 13.2 Å². The van der Waals surface area contributed by atoms with Crippen LogP contribution in [0, 0.1) is 0 Å². The van der Waals surface area contributed by atoms with Crippen LogP contribution in [-0.2, 0) is 9.53 Å². The number of nitrogens with zero attached hydrogens (tertiary/aromatic N) is 2. The molecular formula is C14H32N2O2S. The highest BCUT2D eigenvalue weighted by Gasteiger charge is 2.08. The molecule has 5 heteroatoms. The number of ether oxygens (including phenoxy) is 1. The average Bonchev–Trinajstić information content (AvgIpc) is 2.48. The van der Waals surface area contributed by atoms with Gasteiger partial charge in [-0.25, -0.2) is 0 Å². The molecule has 1 aliphatic heterocycles. The third-order valence-corrected chi connectivity index (χ3v) is 2.85. The van der Waals surface area contributed by atoms with E-state index in [1.807, 2.05) is 20.8 Å². The third kappa shape index (κ3) is 14.0. The molecule has 0 unspecified atom stereocenters. The predicted molar refractivity (Wildman–Crippen MR) is 86.1 cm³/mol. The van der Waals surface area contributed by atoms with Crippen molar-refractivity contribution >= 4 is 18.5 Å². The van der Waals surface area contributed by atoms with E-state index in [1.54, 1.807) is 19.0 Å². The Morgan fingerprint density at radius 2 is 1.79 bits per heavy atom. The lowest BCUT2D eigenvalue weighted by Gasteiger charge is -2.26. The van der Waals surface area contributed by atoms with Gasteiger partial charge in [0.1, 0.15) is 0 Å². The molecule has 0 spiro atoms. The Balaban J connectivity index is 0. The van der Waals surface area contributed by atoms with Crippen LogP contribution in [0.1, 0.15) is 33.6 Å². The van der Waals surface area contributed by atoms with E-state index in [2.05, 4.69) is 17.5 Å². The monoisotopic (exact) mass is 292 g/mol. The van der Waals surface area contributed by atoms with Crippen LogP contribution in [0.5, 0.6) is 0 Å². The number of carbonyl (C=O) groups excluding carboxylic acids is 1. The van der Waals surface area contributed by atoms with Crippen molar-refractivity contribution in [1.29, 1.82) is 0 Å². The smallest absolute Gasteiger partial charge is 0.221 e. The Morgan fingerprint density at radius 1 is 1.26 bits per heavy atom. The predicted octanol–water partition coefficient (Wildman–Crippen LogP) is 2.15. The summed E-state index contributed by atoms with van der Waals surface area (Å²) in [6.07, 6.45) is 1.80. The molecule has 1 rings (SSSR count). The molecule has 0 bridgehead atoms. The summed E-state index contributed by atoms with van der Waals surface area (Å²) in [5, 5.41) is 0. The summed E-state index contributed by atoms with van der Waals surface area (Å²) in [7, 11) is 3.51. The zero-order valence-corrected chi connectivity index (χ0v) is 14.2. The van der Waals surface area contributed by atoms with Crippen molar-refractivity contribution in [2.45, 2.75) is 33.6 Å². The van der Waals surface area contributed by atoms with Crippen molar-refractivity contribution in [3.63, 3.8) is 0 Å². The van der Waals surface area contributed by atoms with Crippen molar-refractivity contribution < 1.29 is 9.53 Å². The SMILES string of the molecule is CC.CCC(=O)N(C)C.SCCCN1CCOCC1. The van der Waals surface area contributed by atoms with Crippen molar-refractivity contribution in [3.05, 3.63) is 0 Å². The van der Waals surface area contributed by atoms with Crippen molar-refractivity contribution in [3.8, 4) is 0 Å². The topological polar surface area (TPSA) is 32.8 Å². The van der Waals surface area contributed by atoms with E-state index in [-0.39, 0.29) is 5.91 Å². The Kier molecular flexibility index (Phi) is 17.5. The van der Waals surface area contributed by atoms with Gasteiger partial charge in [-0.2, -0.15) is 12.6 Å². The van der Waals surface area contributed by atoms with Gasteiger partial charge < -0.3 is 9.64 Å². The van der Waals surface area contributed by atoms with E-state index < -0.39 is 0 Å². The quantitative estimate of drug-likeness (QED) is 0.806.